The van der Waals surface area contributed by atoms with Gasteiger partial charge in [-0.1, -0.05) is 6.92 Å². The molecule has 0 aromatic rings. The molecule has 0 bridgehead atoms. The summed E-state index contributed by atoms with van der Waals surface area (Å²) in [5.74, 6) is 0.201. The van der Waals surface area contributed by atoms with Crippen molar-refractivity contribution in [1.29, 1.82) is 0 Å². The Hall–Kier alpha value is -0.210. The highest BCUT2D eigenvalue weighted by molar-refractivity contribution is 7.89. The molecule has 1 aliphatic rings. The van der Waals surface area contributed by atoms with E-state index in [4.69, 9.17) is 0 Å². The molecule has 1 heterocycles. The normalized spacial score (nSPS) is 22.8. The monoisotopic (exact) mass is 292 g/mol. The molecule has 1 rings (SSSR count). The van der Waals surface area contributed by atoms with Gasteiger partial charge >= 0.3 is 0 Å². The van der Waals surface area contributed by atoms with E-state index >= 15 is 0 Å². The Morgan fingerprint density at radius 1 is 1.26 bits per heavy atom. The first-order valence-electron chi connectivity index (χ1n) is 7.01. The van der Waals surface area contributed by atoms with Gasteiger partial charge in [0.25, 0.3) is 0 Å². The molecule has 0 amide bonds. The van der Waals surface area contributed by atoms with E-state index in [2.05, 4.69) is 33.9 Å². The van der Waals surface area contributed by atoms with Gasteiger partial charge in [0.1, 0.15) is 0 Å². The first-order chi connectivity index (χ1) is 8.94. The van der Waals surface area contributed by atoms with Gasteiger partial charge < -0.3 is 10.2 Å². The lowest BCUT2D eigenvalue weighted by Gasteiger charge is -2.37. The SMILES string of the molecule is CCNCCCS(=O)(=O)NCC1CN(C)CCN1C. The van der Waals surface area contributed by atoms with Gasteiger partial charge in [-0.3, -0.25) is 4.90 Å². The summed E-state index contributed by atoms with van der Waals surface area (Å²) >= 11 is 0. The minimum absolute atomic E-state index is 0.201. The summed E-state index contributed by atoms with van der Waals surface area (Å²) in [6.45, 7) is 7.10. The third-order valence-corrected chi connectivity index (χ3v) is 4.97. The summed E-state index contributed by atoms with van der Waals surface area (Å²) in [7, 11) is 0.990. The van der Waals surface area contributed by atoms with Crippen LogP contribution in [0.3, 0.4) is 0 Å². The lowest BCUT2D eigenvalue weighted by atomic mass is 10.2. The number of nitrogens with zero attached hydrogens (tertiary/aromatic N) is 2. The third kappa shape index (κ3) is 6.67. The van der Waals surface area contributed by atoms with Crippen LogP contribution in [0.15, 0.2) is 0 Å². The standard InChI is InChI=1S/C12H28N4O2S/c1-4-13-6-5-9-19(17,18)14-10-12-11-15(2)7-8-16(12)3/h12-14H,4-11H2,1-3H3. The van der Waals surface area contributed by atoms with Crippen LogP contribution in [-0.2, 0) is 10.0 Å². The van der Waals surface area contributed by atoms with Crippen molar-refractivity contribution in [3.8, 4) is 0 Å². The number of nitrogens with one attached hydrogen (secondary N) is 2. The Kier molecular flexibility index (Phi) is 7.23. The molecular weight excluding hydrogens is 264 g/mol. The zero-order valence-electron chi connectivity index (χ0n) is 12.4. The van der Waals surface area contributed by atoms with Crippen LogP contribution in [0, 0.1) is 0 Å². The van der Waals surface area contributed by atoms with Gasteiger partial charge in [-0.15, -0.1) is 0 Å². The summed E-state index contributed by atoms with van der Waals surface area (Å²) in [5.41, 5.74) is 0. The predicted octanol–water partition coefficient (Wildman–Crippen LogP) is -0.849. The minimum atomic E-state index is -3.14. The molecule has 0 spiro atoms. The van der Waals surface area contributed by atoms with Gasteiger partial charge in [-0.2, -0.15) is 0 Å². The van der Waals surface area contributed by atoms with Crippen LogP contribution >= 0.6 is 0 Å². The van der Waals surface area contributed by atoms with Gasteiger partial charge in [0.05, 0.1) is 5.75 Å². The molecule has 0 saturated carbocycles. The van der Waals surface area contributed by atoms with Crippen LogP contribution in [0.4, 0.5) is 0 Å². The maximum Gasteiger partial charge on any atom is 0.211 e. The topological polar surface area (TPSA) is 64.7 Å². The Bertz CT molecular complexity index is 348. The largest absolute Gasteiger partial charge is 0.317 e. The smallest absolute Gasteiger partial charge is 0.211 e. The number of piperazine rings is 1. The van der Waals surface area contributed by atoms with Crippen LogP contribution in [-0.4, -0.2) is 83.4 Å². The fraction of sp³-hybridized carbons (Fsp3) is 1.00. The van der Waals surface area contributed by atoms with Crippen molar-refractivity contribution < 1.29 is 8.42 Å². The molecule has 2 N–H and O–H groups in total. The molecule has 1 aliphatic heterocycles. The fourth-order valence-corrected chi connectivity index (χ4v) is 3.30. The summed E-state index contributed by atoms with van der Waals surface area (Å²) in [4.78, 5) is 4.46. The molecule has 114 valence electrons. The molecular formula is C12H28N4O2S. The van der Waals surface area contributed by atoms with Crippen molar-refractivity contribution in [2.75, 3.05) is 59.1 Å². The van der Waals surface area contributed by atoms with Gasteiger partial charge in [-0.25, -0.2) is 13.1 Å². The Morgan fingerprint density at radius 3 is 2.68 bits per heavy atom. The van der Waals surface area contributed by atoms with Gasteiger partial charge in [0.2, 0.25) is 10.0 Å². The summed E-state index contributed by atoms with van der Waals surface area (Å²) in [6, 6.07) is 0.266. The van der Waals surface area contributed by atoms with Crippen LogP contribution in [0.5, 0.6) is 0 Å². The maximum atomic E-state index is 11.9. The highest BCUT2D eigenvalue weighted by atomic mass is 32.2. The van der Waals surface area contributed by atoms with E-state index in [-0.39, 0.29) is 11.8 Å². The van der Waals surface area contributed by atoms with Crippen molar-refractivity contribution in [3.63, 3.8) is 0 Å². The molecule has 0 aromatic carbocycles. The van der Waals surface area contributed by atoms with Crippen LogP contribution in [0.2, 0.25) is 0 Å². The molecule has 0 radical (unpaired) electrons. The van der Waals surface area contributed by atoms with Crippen molar-refractivity contribution in [3.05, 3.63) is 0 Å². The van der Waals surface area contributed by atoms with Gasteiger partial charge in [0.15, 0.2) is 0 Å². The number of likely N-dealkylation sites (N-methyl/N-ethyl adjacent to an activating group) is 2. The molecule has 0 aliphatic carbocycles. The number of sulfonamides is 1. The van der Waals surface area contributed by atoms with Gasteiger partial charge in [0, 0.05) is 32.2 Å². The van der Waals surface area contributed by atoms with Crippen molar-refractivity contribution in [1.82, 2.24) is 19.8 Å². The van der Waals surface area contributed by atoms with Crippen LogP contribution in [0.25, 0.3) is 0 Å². The molecule has 1 unspecified atom stereocenters. The lowest BCUT2D eigenvalue weighted by Crippen LogP contribution is -2.54. The second-order valence-electron chi connectivity index (χ2n) is 5.27. The Morgan fingerprint density at radius 2 is 2.00 bits per heavy atom. The predicted molar refractivity (Wildman–Crippen MR) is 78.9 cm³/mol. The molecule has 1 saturated heterocycles. The molecule has 19 heavy (non-hydrogen) atoms. The quantitative estimate of drug-likeness (QED) is 0.571. The fourth-order valence-electron chi connectivity index (χ4n) is 2.18. The van der Waals surface area contributed by atoms with Crippen LogP contribution < -0.4 is 10.0 Å². The van der Waals surface area contributed by atoms with E-state index in [0.29, 0.717) is 13.0 Å². The zero-order valence-corrected chi connectivity index (χ0v) is 13.2. The number of rotatable bonds is 8. The van der Waals surface area contributed by atoms with E-state index < -0.39 is 10.0 Å². The molecule has 6 nitrogen and oxygen atoms in total. The first kappa shape index (κ1) is 16.8. The highest BCUT2D eigenvalue weighted by Gasteiger charge is 2.23. The second kappa shape index (κ2) is 8.16. The van der Waals surface area contributed by atoms with E-state index in [9.17, 15) is 8.42 Å². The van der Waals surface area contributed by atoms with Crippen LogP contribution in [0.1, 0.15) is 13.3 Å². The molecule has 0 aromatic heterocycles. The van der Waals surface area contributed by atoms with Crippen molar-refractivity contribution in [2.45, 2.75) is 19.4 Å². The summed E-state index contributed by atoms with van der Waals surface area (Å²) < 4.78 is 26.4. The lowest BCUT2D eigenvalue weighted by molar-refractivity contribution is 0.117. The van der Waals surface area contributed by atoms with E-state index in [1.54, 1.807) is 0 Å². The molecule has 7 heteroatoms. The minimum Gasteiger partial charge on any atom is -0.317 e. The highest BCUT2D eigenvalue weighted by Crippen LogP contribution is 2.05. The van der Waals surface area contributed by atoms with Crippen molar-refractivity contribution in [2.24, 2.45) is 0 Å². The van der Waals surface area contributed by atoms with Gasteiger partial charge in [-0.05, 0) is 33.6 Å². The average molecular weight is 292 g/mol. The van der Waals surface area contributed by atoms with E-state index in [0.717, 1.165) is 32.7 Å². The second-order valence-corrected chi connectivity index (χ2v) is 7.20. The Labute approximate surface area is 117 Å². The number of hydrogen-bond donors (Lipinski definition) is 2. The Balaban J connectivity index is 2.29. The van der Waals surface area contributed by atoms with Crippen molar-refractivity contribution >= 4 is 10.0 Å². The average Bonchev–Trinajstić information content (AvgIpc) is 2.36. The molecule has 1 fully saturated rings. The summed E-state index contributed by atoms with van der Waals surface area (Å²) in [5, 5.41) is 3.13. The summed E-state index contributed by atoms with van der Waals surface area (Å²) in [6.07, 6.45) is 0.656. The van der Waals surface area contributed by atoms with E-state index in [1.807, 2.05) is 6.92 Å². The molecule has 1 atom stereocenters. The van der Waals surface area contributed by atoms with E-state index in [1.165, 1.54) is 0 Å². The number of hydrogen-bond acceptors (Lipinski definition) is 5. The first-order valence-corrected chi connectivity index (χ1v) is 8.66. The third-order valence-electron chi connectivity index (χ3n) is 3.54. The maximum absolute atomic E-state index is 11.9. The zero-order chi connectivity index (χ0) is 14.3.